The van der Waals surface area contributed by atoms with Crippen LogP contribution in [0.2, 0.25) is 0 Å². The average molecular weight is 245 g/mol. The molecular formula is C12H15N5O. The molecule has 2 aromatic rings. The van der Waals surface area contributed by atoms with E-state index < -0.39 is 0 Å². The Bertz CT molecular complexity index is 535. The molecule has 0 amide bonds. The highest BCUT2D eigenvalue weighted by atomic mass is 16.5. The van der Waals surface area contributed by atoms with Gasteiger partial charge in [0, 0.05) is 31.9 Å². The maximum Gasteiger partial charge on any atom is 0.340 e. The topological polar surface area (TPSA) is 64.9 Å². The average Bonchev–Trinajstić information content (AvgIpc) is 3.11. The molecule has 0 radical (unpaired) electrons. The molecule has 0 saturated heterocycles. The summed E-state index contributed by atoms with van der Waals surface area (Å²) in [7, 11) is 1.80. The zero-order valence-electron chi connectivity index (χ0n) is 10.2. The molecule has 0 bridgehead atoms. The van der Waals surface area contributed by atoms with Crippen LogP contribution < -0.4 is 10.1 Å². The van der Waals surface area contributed by atoms with Crippen LogP contribution in [0.15, 0.2) is 24.7 Å². The minimum atomic E-state index is 0.352. The maximum atomic E-state index is 5.55. The lowest BCUT2D eigenvalue weighted by molar-refractivity contribution is 0.437. The van der Waals surface area contributed by atoms with Crippen molar-refractivity contribution in [3.63, 3.8) is 0 Å². The predicted molar refractivity (Wildman–Crippen MR) is 65.2 cm³/mol. The van der Waals surface area contributed by atoms with Crippen molar-refractivity contribution in [3.8, 4) is 11.8 Å². The third-order valence-electron chi connectivity index (χ3n) is 2.72. The Morgan fingerprint density at radius 3 is 3.06 bits per heavy atom. The molecular weight excluding hydrogens is 230 g/mol. The lowest BCUT2D eigenvalue weighted by atomic mass is 10.3. The van der Waals surface area contributed by atoms with Crippen molar-refractivity contribution in [3.05, 3.63) is 30.4 Å². The van der Waals surface area contributed by atoms with Crippen LogP contribution in [0, 0.1) is 0 Å². The molecule has 1 fully saturated rings. The summed E-state index contributed by atoms with van der Waals surface area (Å²) < 4.78 is 7.15. The fourth-order valence-electron chi connectivity index (χ4n) is 1.62. The van der Waals surface area contributed by atoms with Gasteiger partial charge >= 0.3 is 6.01 Å². The van der Waals surface area contributed by atoms with Crippen molar-refractivity contribution >= 4 is 0 Å². The van der Waals surface area contributed by atoms with E-state index in [0.29, 0.717) is 17.8 Å². The van der Waals surface area contributed by atoms with Gasteiger partial charge in [0.1, 0.15) is 12.1 Å². The highest BCUT2D eigenvalue weighted by Crippen LogP contribution is 2.20. The standard InChI is InChI=1S/C12H15N5O/c1-17-8-15-12(16-17)18-11-4-5-13-10(6-11)7-14-9-2-3-9/h4-6,8-9,14H,2-3,7H2,1H3. The Labute approximate surface area is 105 Å². The molecule has 0 unspecified atom stereocenters. The molecule has 0 aliphatic heterocycles. The molecule has 2 aromatic heterocycles. The van der Waals surface area contributed by atoms with Gasteiger partial charge in [0.05, 0.1) is 5.69 Å². The fraction of sp³-hybridized carbons (Fsp3) is 0.417. The number of ether oxygens (including phenoxy) is 1. The van der Waals surface area contributed by atoms with Gasteiger partial charge in [-0.3, -0.25) is 9.67 Å². The van der Waals surface area contributed by atoms with Crippen molar-refractivity contribution in [2.75, 3.05) is 0 Å². The van der Waals surface area contributed by atoms with E-state index in [0.717, 1.165) is 12.2 Å². The maximum absolute atomic E-state index is 5.55. The van der Waals surface area contributed by atoms with Crippen LogP contribution in [0.3, 0.4) is 0 Å². The summed E-state index contributed by atoms with van der Waals surface area (Å²) in [6.45, 7) is 0.775. The van der Waals surface area contributed by atoms with Crippen LogP contribution >= 0.6 is 0 Å². The van der Waals surface area contributed by atoms with Crippen LogP contribution in [0.25, 0.3) is 0 Å². The van der Waals surface area contributed by atoms with Crippen molar-refractivity contribution in [1.82, 2.24) is 25.1 Å². The van der Waals surface area contributed by atoms with Crippen molar-refractivity contribution in [1.29, 1.82) is 0 Å². The number of rotatable bonds is 5. The van der Waals surface area contributed by atoms with Crippen LogP contribution in [-0.2, 0) is 13.6 Å². The quantitative estimate of drug-likeness (QED) is 0.859. The molecule has 18 heavy (non-hydrogen) atoms. The molecule has 6 nitrogen and oxygen atoms in total. The van der Waals surface area contributed by atoms with Crippen molar-refractivity contribution < 1.29 is 4.74 Å². The van der Waals surface area contributed by atoms with Gasteiger partial charge in [-0.25, -0.2) is 0 Å². The van der Waals surface area contributed by atoms with Gasteiger partial charge in [-0.1, -0.05) is 0 Å². The Morgan fingerprint density at radius 1 is 1.44 bits per heavy atom. The van der Waals surface area contributed by atoms with Gasteiger partial charge in [-0.2, -0.15) is 4.98 Å². The molecule has 6 heteroatoms. The SMILES string of the molecule is Cn1cnc(Oc2ccnc(CNC3CC3)c2)n1. The van der Waals surface area contributed by atoms with E-state index in [1.807, 2.05) is 6.07 Å². The Balaban J connectivity index is 1.65. The van der Waals surface area contributed by atoms with Gasteiger partial charge in [-0.15, -0.1) is 5.10 Å². The Kier molecular flexibility index (Phi) is 2.93. The largest absolute Gasteiger partial charge is 0.423 e. The highest BCUT2D eigenvalue weighted by molar-refractivity contribution is 5.25. The van der Waals surface area contributed by atoms with Crippen LogP contribution in [0.1, 0.15) is 18.5 Å². The monoisotopic (exact) mass is 245 g/mol. The summed E-state index contributed by atoms with van der Waals surface area (Å²) in [6, 6.07) is 4.74. The third kappa shape index (κ3) is 2.84. The highest BCUT2D eigenvalue weighted by Gasteiger charge is 2.20. The Hall–Kier alpha value is -1.95. The zero-order chi connectivity index (χ0) is 12.4. The van der Waals surface area contributed by atoms with Crippen LogP contribution in [0.5, 0.6) is 11.8 Å². The summed E-state index contributed by atoms with van der Waals surface area (Å²) in [5.74, 6) is 0.712. The fourth-order valence-corrected chi connectivity index (χ4v) is 1.62. The number of nitrogens with one attached hydrogen (secondary N) is 1. The van der Waals surface area contributed by atoms with Crippen LogP contribution in [-0.4, -0.2) is 25.8 Å². The number of hydrogen-bond acceptors (Lipinski definition) is 5. The van der Waals surface area contributed by atoms with Crippen molar-refractivity contribution in [2.45, 2.75) is 25.4 Å². The number of nitrogens with zero attached hydrogens (tertiary/aromatic N) is 4. The zero-order valence-corrected chi connectivity index (χ0v) is 10.2. The second-order valence-corrected chi connectivity index (χ2v) is 4.44. The minimum Gasteiger partial charge on any atom is -0.423 e. The first-order chi connectivity index (χ1) is 8.79. The smallest absolute Gasteiger partial charge is 0.340 e. The normalized spacial score (nSPS) is 14.7. The molecule has 1 aliphatic carbocycles. The molecule has 94 valence electrons. The summed E-state index contributed by atoms with van der Waals surface area (Å²) in [5.41, 5.74) is 0.968. The molecule has 3 rings (SSSR count). The van der Waals surface area contributed by atoms with Gasteiger partial charge in [-0.05, 0) is 18.9 Å². The van der Waals surface area contributed by atoms with E-state index in [1.54, 1.807) is 30.3 Å². The minimum absolute atomic E-state index is 0.352. The third-order valence-corrected chi connectivity index (χ3v) is 2.72. The molecule has 1 N–H and O–H groups in total. The second-order valence-electron chi connectivity index (χ2n) is 4.44. The van der Waals surface area contributed by atoms with Crippen molar-refractivity contribution in [2.24, 2.45) is 7.05 Å². The van der Waals surface area contributed by atoms with E-state index in [9.17, 15) is 0 Å². The van der Waals surface area contributed by atoms with Crippen LogP contribution in [0.4, 0.5) is 0 Å². The van der Waals surface area contributed by atoms with E-state index in [1.165, 1.54) is 12.8 Å². The van der Waals surface area contributed by atoms with E-state index >= 15 is 0 Å². The number of aromatic nitrogens is 4. The first-order valence-corrected chi connectivity index (χ1v) is 6.01. The van der Waals surface area contributed by atoms with Gasteiger partial charge in [0.2, 0.25) is 0 Å². The predicted octanol–water partition coefficient (Wildman–Crippen LogP) is 1.25. The second kappa shape index (κ2) is 4.73. The Morgan fingerprint density at radius 2 is 2.33 bits per heavy atom. The van der Waals surface area contributed by atoms with Gasteiger partial charge in [0.25, 0.3) is 0 Å². The molecule has 2 heterocycles. The lowest BCUT2D eigenvalue weighted by Gasteiger charge is -2.04. The number of aryl methyl sites for hydroxylation is 1. The molecule has 0 atom stereocenters. The summed E-state index contributed by atoms with van der Waals surface area (Å²) >= 11 is 0. The summed E-state index contributed by atoms with van der Waals surface area (Å²) in [6.07, 6.45) is 5.89. The first kappa shape index (κ1) is 11.2. The number of hydrogen-bond donors (Lipinski definition) is 1. The van der Waals surface area contributed by atoms with Gasteiger partial charge < -0.3 is 10.1 Å². The van der Waals surface area contributed by atoms with E-state index in [-0.39, 0.29) is 0 Å². The van der Waals surface area contributed by atoms with Gasteiger partial charge in [0.15, 0.2) is 0 Å². The molecule has 1 aliphatic rings. The molecule has 0 aromatic carbocycles. The number of pyridine rings is 1. The summed E-state index contributed by atoms with van der Waals surface area (Å²) in [5, 5.41) is 7.48. The molecule has 0 spiro atoms. The lowest BCUT2D eigenvalue weighted by Crippen LogP contribution is -2.16. The first-order valence-electron chi connectivity index (χ1n) is 6.01. The van der Waals surface area contributed by atoms with E-state index in [2.05, 4.69) is 20.4 Å². The molecule has 1 saturated carbocycles. The van der Waals surface area contributed by atoms with E-state index in [4.69, 9.17) is 4.74 Å². The summed E-state index contributed by atoms with van der Waals surface area (Å²) in [4.78, 5) is 8.32.